The summed E-state index contributed by atoms with van der Waals surface area (Å²) in [6.07, 6.45) is 0. The second kappa shape index (κ2) is 13.0. The molecule has 0 saturated carbocycles. The van der Waals surface area contributed by atoms with Gasteiger partial charge < -0.3 is 21.1 Å². The van der Waals surface area contributed by atoms with Crippen molar-refractivity contribution in [1.29, 1.82) is 5.41 Å². The van der Waals surface area contributed by atoms with Crippen LogP contribution in [0.25, 0.3) is 0 Å². The van der Waals surface area contributed by atoms with E-state index in [4.69, 9.17) is 15.9 Å². The molecule has 4 aromatic rings. The van der Waals surface area contributed by atoms with E-state index in [9.17, 15) is 19.7 Å². The van der Waals surface area contributed by atoms with Gasteiger partial charge in [0.15, 0.2) is 0 Å². The highest BCUT2D eigenvalue weighted by Crippen LogP contribution is 2.23. The summed E-state index contributed by atoms with van der Waals surface area (Å²) in [4.78, 5) is 37.1. The molecule has 0 bridgehead atoms. The normalized spacial score (nSPS) is 12.0. The molecule has 0 saturated heterocycles. The molecule has 2 unspecified atom stereocenters. The molecule has 41 heavy (non-hydrogen) atoms. The van der Waals surface area contributed by atoms with Crippen molar-refractivity contribution in [3.63, 3.8) is 0 Å². The molecule has 0 spiro atoms. The molecule has 10 nitrogen and oxygen atoms in total. The van der Waals surface area contributed by atoms with Crippen molar-refractivity contribution < 1.29 is 19.2 Å². The van der Waals surface area contributed by atoms with Gasteiger partial charge in [-0.1, -0.05) is 42.5 Å². The number of hydrogen-bond donors (Lipinski definition) is 4. The molecular weight excluding hydrogens is 522 g/mol. The molecular formula is C31H29N5O5. The number of amidine groups is 1. The summed E-state index contributed by atoms with van der Waals surface area (Å²) < 4.78 is 5.78. The minimum Gasteiger partial charge on any atom is -0.489 e. The van der Waals surface area contributed by atoms with Crippen molar-refractivity contribution in [3.8, 4) is 5.75 Å². The Morgan fingerprint density at radius 1 is 0.878 bits per heavy atom. The summed E-state index contributed by atoms with van der Waals surface area (Å²) >= 11 is 0. The van der Waals surface area contributed by atoms with E-state index in [2.05, 4.69) is 10.6 Å². The van der Waals surface area contributed by atoms with Crippen LogP contribution in [-0.2, 0) is 16.2 Å². The standard InChI is InChI=1S/C31H29N5O5/c1-20(22-11-17-27(18-12-22)41-19-21-7-15-26(16-8-21)36(39)40)34-30(37)28(23-5-3-2-4-6-23)31(38)35-25-13-9-24(10-14-25)29(32)33/h2-18,20,28H,19H2,1H3,(H3,32,33)(H,34,37)(H,35,38). The summed E-state index contributed by atoms with van der Waals surface area (Å²) in [6, 6.07) is 28.2. The number of benzene rings is 4. The van der Waals surface area contributed by atoms with E-state index >= 15 is 0 Å². The number of carbonyl (C=O) groups excluding carboxylic acids is 2. The first-order chi connectivity index (χ1) is 19.7. The van der Waals surface area contributed by atoms with Crippen LogP contribution in [0.3, 0.4) is 0 Å². The molecule has 0 radical (unpaired) electrons. The number of nitrogens with one attached hydrogen (secondary N) is 3. The molecule has 0 fully saturated rings. The topological polar surface area (TPSA) is 160 Å². The average molecular weight is 552 g/mol. The van der Waals surface area contributed by atoms with Crippen LogP contribution in [0, 0.1) is 15.5 Å². The van der Waals surface area contributed by atoms with E-state index in [-0.39, 0.29) is 18.1 Å². The van der Waals surface area contributed by atoms with E-state index < -0.39 is 28.7 Å². The third-order valence-corrected chi connectivity index (χ3v) is 6.41. The van der Waals surface area contributed by atoms with Crippen molar-refractivity contribution in [2.45, 2.75) is 25.5 Å². The van der Waals surface area contributed by atoms with Gasteiger partial charge in [0.05, 0.1) is 11.0 Å². The molecule has 2 amide bonds. The average Bonchev–Trinajstić information content (AvgIpc) is 2.97. The van der Waals surface area contributed by atoms with Crippen molar-refractivity contribution in [1.82, 2.24) is 5.32 Å². The Kier molecular flexibility index (Phi) is 9.06. The monoisotopic (exact) mass is 551 g/mol. The maximum absolute atomic E-state index is 13.4. The number of anilines is 1. The molecule has 4 rings (SSSR count). The maximum Gasteiger partial charge on any atom is 0.269 e. The van der Waals surface area contributed by atoms with Gasteiger partial charge in [0, 0.05) is 23.4 Å². The number of hydrogen-bond acceptors (Lipinski definition) is 6. The fraction of sp³-hybridized carbons (Fsp3) is 0.129. The van der Waals surface area contributed by atoms with Gasteiger partial charge in [0.25, 0.3) is 5.69 Å². The Labute approximate surface area is 236 Å². The molecule has 5 N–H and O–H groups in total. The molecule has 10 heteroatoms. The number of nitro groups is 1. The van der Waals surface area contributed by atoms with Crippen molar-refractivity contribution in [2.75, 3.05) is 5.32 Å². The maximum atomic E-state index is 13.4. The number of non-ortho nitro benzene ring substituents is 1. The largest absolute Gasteiger partial charge is 0.489 e. The van der Waals surface area contributed by atoms with Gasteiger partial charge in [-0.05, 0) is 72.1 Å². The van der Waals surface area contributed by atoms with E-state index in [1.807, 2.05) is 25.1 Å². The second-order valence-corrected chi connectivity index (χ2v) is 9.34. The predicted molar refractivity (Wildman–Crippen MR) is 156 cm³/mol. The third-order valence-electron chi connectivity index (χ3n) is 6.41. The minimum absolute atomic E-state index is 0.0180. The van der Waals surface area contributed by atoms with Gasteiger partial charge in [-0.3, -0.25) is 25.1 Å². The highest BCUT2D eigenvalue weighted by Gasteiger charge is 2.29. The van der Waals surface area contributed by atoms with Gasteiger partial charge in [0.2, 0.25) is 11.8 Å². The lowest BCUT2D eigenvalue weighted by Crippen LogP contribution is -2.37. The van der Waals surface area contributed by atoms with Crippen LogP contribution in [0.1, 0.15) is 41.1 Å². The van der Waals surface area contributed by atoms with Gasteiger partial charge in [-0.2, -0.15) is 0 Å². The van der Waals surface area contributed by atoms with E-state index in [0.717, 1.165) is 11.1 Å². The summed E-state index contributed by atoms with van der Waals surface area (Å²) in [6.45, 7) is 2.07. The number of nitrogens with zero attached hydrogens (tertiary/aromatic N) is 1. The first-order valence-corrected chi connectivity index (χ1v) is 12.8. The fourth-order valence-corrected chi connectivity index (χ4v) is 4.13. The molecule has 4 aromatic carbocycles. The van der Waals surface area contributed by atoms with Gasteiger partial charge >= 0.3 is 0 Å². The van der Waals surface area contributed by atoms with Crippen LogP contribution in [-0.4, -0.2) is 22.6 Å². The zero-order valence-corrected chi connectivity index (χ0v) is 22.2. The van der Waals surface area contributed by atoms with E-state index in [0.29, 0.717) is 22.6 Å². The Morgan fingerprint density at radius 2 is 1.51 bits per heavy atom. The molecule has 2 atom stereocenters. The first-order valence-electron chi connectivity index (χ1n) is 12.8. The highest BCUT2D eigenvalue weighted by molar-refractivity contribution is 6.11. The molecule has 208 valence electrons. The number of ether oxygens (including phenoxy) is 1. The summed E-state index contributed by atoms with van der Waals surface area (Å²) in [5, 5.41) is 24.0. The van der Waals surface area contributed by atoms with Crippen LogP contribution in [0.15, 0.2) is 103 Å². The van der Waals surface area contributed by atoms with Gasteiger partial charge in [-0.15, -0.1) is 0 Å². The predicted octanol–water partition coefficient (Wildman–Crippen LogP) is 5.06. The molecule has 0 aromatic heterocycles. The summed E-state index contributed by atoms with van der Waals surface area (Å²) in [5.41, 5.74) is 8.67. The SMILES string of the molecule is CC(NC(=O)C(C(=O)Nc1ccc(C(=N)N)cc1)c1ccccc1)c1ccc(OCc2ccc([N+](=O)[O-])cc2)cc1. The number of nitro benzene ring substituents is 1. The zero-order valence-electron chi connectivity index (χ0n) is 22.2. The van der Waals surface area contributed by atoms with Crippen LogP contribution in [0.2, 0.25) is 0 Å². The fourth-order valence-electron chi connectivity index (χ4n) is 4.13. The molecule has 0 aliphatic carbocycles. The van der Waals surface area contributed by atoms with Crippen LogP contribution in [0.5, 0.6) is 5.75 Å². The van der Waals surface area contributed by atoms with Crippen LogP contribution >= 0.6 is 0 Å². The summed E-state index contributed by atoms with van der Waals surface area (Å²) in [7, 11) is 0. The smallest absolute Gasteiger partial charge is 0.269 e. The van der Waals surface area contributed by atoms with E-state index in [1.165, 1.54) is 12.1 Å². The Bertz CT molecular complexity index is 1520. The van der Waals surface area contributed by atoms with Gasteiger partial charge in [-0.25, -0.2) is 0 Å². The quantitative estimate of drug-likeness (QED) is 0.0670. The minimum atomic E-state index is -1.10. The third kappa shape index (κ3) is 7.54. The Morgan fingerprint density at radius 3 is 2.10 bits per heavy atom. The number of carbonyl (C=O) groups is 2. The number of nitrogen functional groups attached to an aromatic ring is 1. The Hall–Kier alpha value is -5.51. The van der Waals surface area contributed by atoms with Crippen molar-refractivity contribution in [2.24, 2.45) is 5.73 Å². The number of rotatable bonds is 11. The van der Waals surface area contributed by atoms with Crippen molar-refractivity contribution >= 4 is 29.0 Å². The Balaban J connectivity index is 1.40. The number of amides is 2. The number of nitrogens with two attached hydrogens (primary N) is 1. The first kappa shape index (κ1) is 28.5. The zero-order chi connectivity index (χ0) is 29.4. The molecule has 0 heterocycles. The van der Waals surface area contributed by atoms with Crippen molar-refractivity contribution in [3.05, 3.63) is 135 Å². The van der Waals surface area contributed by atoms with Crippen LogP contribution < -0.4 is 21.1 Å². The lowest BCUT2D eigenvalue weighted by atomic mass is 9.96. The molecule has 0 aliphatic rings. The van der Waals surface area contributed by atoms with Gasteiger partial charge in [0.1, 0.15) is 24.1 Å². The lowest BCUT2D eigenvalue weighted by molar-refractivity contribution is -0.384. The molecule has 0 aliphatic heterocycles. The second-order valence-electron chi connectivity index (χ2n) is 9.34. The van der Waals surface area contributed by atoms with E-state index in [1.54, 1.807) is 72.8 Å². The summed E-state index contributed by atoms with van der Waals surface area (Å²) in [5.74, 6) is -1.53. The van der Waals surface area contributed by atoms with Crippen LogP contribution in [0.4, 0.5) is 11.4 Å². The highest BCUT2D eigenvalue weighted by atomic mass is 16.6. The lowest BCUT2D eigenvalue weighted by Gasteiger charge is -2.21.